The summed E-state index contributed by atoms with van der Waals surface area (Å²) >= 11 is 1.67. The lowest BCUT2D eigenvalue weighted by atomic mass is 10.1. The topological polar surface area (TPSA) is 33.1 Å². The van der Waals surface area contributed by atoms with Gasteiger partial charge in [0, 0.05) is 17.5 Å². The average Bonchev–Trinajstić information content (AvgIpc) is 2.35. The van der Waals surface area contributed by atoms with Crippen LogP contribution in [0, 0.1) is 13.8 Å². The highest BCUT2D eigenvalue weighted by atomic mass is 32.2. The van der Waals surface area contributed by atoms with Crippen LogP contribution in [0.4, 0.5) is 0 Å². The Morgan fingerprint density at radius 1 is 1.21 bits per heavy atom. The van der Waals surface area contributed by atoms with E-state index in [-0.39, 0.29) is 0 Å². The van der Waals surface area contributed by atoms with Crippen LogP contribution in [0.5, 0.6) is 0 Å². The van der Waals surface area contributed by atoms with Gasteiger partial charge in [0.15, 0.2) is 0 Å². The summed E-state index contributed by atoms with van der Waals surface area (Å²) in [6, 6.07) is 10.4. The van der Waals surface area contributed by atoms with Crippen molar-refractivity contribution < 1.29 is 5.11 Å². The van der Waals surface area contributed by atoms with Crippen molar-refractivity contribution in [2.45, 2.75) is 37.7 Å². The summed E-state index contributed by atoms with van der Waals surface area (Å²) < 4.78 is 0. The van der Waals surface area contributed by atoms with Crippen molar-refractivity contribution in [2.75, 3.05) is 0 Å². The van der Waals surface area contributed by atoms with Crippen molar-refractivity contribution in [1.29, 1.82) is 0 Å². The van der Waals surface area contributed by atoms with Gasteiger partial charge in [-0.2, -0.15) is 0 Å². The molecular weight excluding hydrogens is 254 g/mol. The van der Waals surface area contributed by atoms with Gasteiger partial charge in [0.25, 0.3) is 0 Å². The highest BCUT2D eigenvalue weighted by molar-refractivity contribution is 7.98. The number of aromatic nitrogens is 1. The number of rotatable bonds is 4. The molecule has 2 rings (SSSR count). The molecule has 1 aromatic heterocycles. The molecule has 19 heavy (non-hydrogen) atoms. The van der Waals surface area contributed by atoms with Crippen LogP contribution >= 0.6 is 11.8 Å². The fraction of sp³-hybridized carbons (Fsp3) is 0.312. The number of nitrogens with zero attached hydrogens (tertiary/aromatic N) is 1. The highest BCUT2D eigenvalue weighted by Crippen LogP contribution is 2.28. The zero-order chi connectivity index (χ0) is 13.8. The van der Waals surface area contributed by atoms with Crippen LogP contribution in [0.15, 0.2) is 41.6 Å². The van der Waals surface area contributed by atoms with Crippen molar-refractivity contribution in [2.24, 2.45) is 0 Å². The van der Waals surface area contributed by atoms with Gasteiger partial charge in [0.2, 0.25) is 0 Å². The molecule has 1 unspecified atom stereocenters. The first-order valence-corrected chi connectivity index (χ1v) is 7.38. The van der Waals surface area contributed by atoms with E-state index < -0.39 is 6.10 Å². The molecule has 0 amide bonds. The molecule has 2 aromatic rings. The Bertz CT molecular complexity index is 546. The summed E-state index contributed by atoms with van der Waals surface area (Å²) in [4.78, 5) is 4.36. The van der Waals surface area contributed by atoms with Crippen molar-refractivity contribution in [3.05, 3.63) is 58.8 Å². The maximum Gasteiger partial charge on any atom is 0.102 e. The Morgan fingerprint density at radius 3 is 2.53 bits per heavy atom. The minimum atomic E-state index is -0.476. The van der Waals surface area contributed by atoms with Gasteiger partial charge in [-0.05, 0) is 32.4 Å². The molecule has 0 fully saturated rings. The number of aliphatic hydroxyl groups excluding tert-OH is 1. The van der Waals surface area contributed by atoms with E-state index in [1.54, 1.807) is 24.9 Å². The van der Waals surface area contributed by atoms with Crippen molar-refractivity contribution >= 4 is 11.8 Å². The minimum Gasteiger partial charge on any atom is -0.389 e. The zero-order valence-corrected chi connectivity index (χ0v) is 12.4. The van der Waals surface area contributed by atoms with Crippen LogP contribution in [-0.2, 0) is 5.75 Å². The van der Waals surface area contributed by atoms with Gasteiger partial charge < -0.3 is 5.11 Å². The SMILES string of the molecule is Cc1cc(C)cc(CSc2ncccc2C(C)O)c1. The Kier molecular flexibility index (Phi) is 4.61. The van der Waals surface area contributed by atoms with Gasteiger partial charge in [-0.25, -0.2) is 4.98 Å². The highest BCUT2D eigenvalue weighted by Gasteiger charge is 2.09. The first-order valence-electron chi connectivity index (χ1n) is 6.39. The van der Waals surface area contributed by atoms with Gasteiger partial charge in [0.05, 0.1) is 6.10 Å². The van der Waals surface area contributed by atoms with Crippen LogP contribution in [0.2, 0.25) is 0 Å². The zero-order valence-electron chi connectivity index (χ0n) is 11.6. The Balaban J connectivity index is 2.14. The number of benzene rings is 1. The van der Waals surface area contributed by atoms with E-state index in [0.717, 1.165) is 16.3 Å². The van der Waals surface area contributed by atoms with E-state index in [1.807, 2.05) is 12.1 Å². The molecule has 1 heterocycles. The van der Waals surface area contributed by atoms with E-state index in [9.17, 15) is 5.11 Å². The minimum absolute atomic E-state index is 0.476. The third kappa shape index (κ3) is 3.82. The third-order valence-corrected chi connectivity index (χ3v) is 4.00. The van der Waals surface area contributed by atoms with Crippen LogP contribution in [0.25, 0.3) is 0 Å². The van der Waals surface area contributed by atoms with E-state index in [2.05, 4.69) is 37.0 Å². The molecule has 0 aliphatic rings. The molecule has 1 N–H and O–H groups in total. The number of aliphatic hydroxyl groups is 1. The summed E-state index contributed by atoms with van der Waals surface area (Å²) in [6.07, 6.45) is 1.30. The summed E-state index contributed by atoms with van der Waals surface area (Å²) in [5, 5.41) is 10.7. The third-order valence-electron chi connectivity index (χ3n) is 2.91. The fourth-order valence-corrected chi connectivity index (χ4v) is 3.16. The van der Waals surface area contributed by atoms with E-state index in [0.29, 0.717) is 0 Å². The predicted octanol–water partition coefficient (Wildman–Crippen LogP) is 4.04. The second-order valence-corrected chi connectivity index (χ2v) is 5.82. The molecule has 0 saturated carbocycles. The quantitative estimate of drug-likeness (QED) is 0.853. The Morgan fingerprint density at radius 2 is 1.89 bits per heavy atom. The fourth-order valence-electron chi connectivity index (χ4n) is 2.15. The smallest absolute Gasteiger partial charge is 0.102 e. The second kappa shape index (κ2) is 6.22. The number of pyridine rings is 1. The van der Waals surface area contributed by atoms with Crippen molar-refractivity contribution in [1.82, 2.24) is 4.98 Å². The number of thioether (sulfide) groups is 1. The Labute approximate surface area is 118 Å². The van der Waals surface area contributed by atoms with E-state index >= 15 is 0 Å². The molecule has 0 radical (unpaired) electrons. The maximum atomic E-state index is 9.74. The molecule has 0 spiro atoms. The van der Waals surface area contributed by atoms with Crippen molar-refractivity contribution in [3.8, 4) is 0 Å². The monoisotopic (exact) mass is 273 g/mol. The van der Waals surface area contributed by atoms with Gasteiger partial charge in [-0.3, -0.25) is 0 Å². The molecule has 1 aromatic carbocycles. The van der Waals surface area contributed by atoms with Crippen molar-refractivity contribution in [3.63, 3.8) is 0 Å². The average molecular weight is 273 g/mol. The molecule has 0 aliphatic carbocycles. The van der Waals surface area contributed by atoms with Gasteiger partial charge in [-0.15, -0.1) is 11.8 Å². The second-order valence-electron chi connectivity index (χ2n) is 4.86. The number of hydrogen-bond donors (Lipinski definition) is 1. The Hall–Kier alpha value is -1.32. The molecule has 0 bridgehead atoms. The maximum absolute atomic E-state index is 9.74. The van der Waals surface area contributed by atoms with Crippen LogP contribution in [0.3, 0.4) is 0 Å². The predicted molar refractivity (Wildman–Crippen MR) is 80.3 cm³/mol. The normalized spacial score (nSPS) is 12.4. The van der Waals surface area contributed by atoms with Gasteiger partial charge in [-0.1, -0.05) is 35.4 Å². The summed E-state index contributed by atoms with van der Waals surface area (Å²) in [7, 11) is 0. The van der Waals surface area contributed by atoms with Gasteiger partial charge in [0.1, 0.15) is 5.03 Å². The first kappa shape index (κ1) is 14.1. The van der Waals surface area contributed by atoms with E-state index in [1.165, 1.54) is 16.7 Å². The van der Waals surface area contributed by atoms with Crippen LogP contribution < -0.4 is 0 Å². The summed E-state index contributed by atoms with van der Waals surface area (Å²) in [5.41, 5.74) is 4.77. The lowest BCUT2D eigenvalue weighted by Gasteiger charge is -2.10. The standard InChI is InChI=1S/C16H19NOS/c1-11-7-12(2)9-14(8-11)10-19-16-15(13(3)18)5-4-6-17-16/h4-9,13,18H,10H2,1-3H3. The van der Waals surface area contributed by atoms with Gasteiger partial charge >= 0.3 is 0 Å². The summed E-state index contributed by atoms with van der Waals surface area (Å²) in [5.74, 6) is 0.874. The number of hydrogen-bond acceptors (Lipinski definition) is 3. The summed E-state index contributed by atoms with van der Waals surface area (Å²) in [6.45, 7) is 6.00. The van der Waals surface area contributed by atoms with Crippen LogP contribution in [-0.4, -0.2) is 10.1 Å². The molecule has 100 valence electrons. The lowest BCUT2D eigenvalue weighted by molar-refractivity contribution is 0.195. The lowest BCUT2D eigenvalue weighted by Crippen LogP contribution is -1.96. The molecule has 2 nitrogen and oxygen atoms in total. The molecule has 0 saturated heterocycles. The molecule has 3 heteroatoms. The molecule has 1 atom stereocenters. The number of aryl methyl sites for hydroxylation is 2. The van der Waals surface area contributed by atoms with E-state index in [4.69, 9.17) is 0 Å². The largest absolute Gasteiger partial charge is 0.389 e. The molecular formula is C16H19NOS. The van der Waals surface area contributed by atoms with Crippen LogP contribution in [0.1, 0.15) is 35.3 Å². The molecule has 0 aliphatic heterocycles. The first-order chi connectivity index (χ1) is 9.06.